The van der Waals surface area contributed by atoms with Crippen molar-refractivity contribution >= 4 is 11.9 Å². The number of nitrogens with zero attached hydrogens (tertiary/aromatic N) is 2. The number of carboxylic acid groups (broad SMARTS) is 1. The number of ether oxygens (including phenoxy) is 1. The first-order chi connectivity index (χ1) is 8.13. The first-order valence-corrected chi connectivity index (χ1v) is 5.19. The Balaban J connectivity index is 2.18. The maximum Gasteiger partial charge on any atom is 0.326 e. The summed E-state index contributed by atoms with van der Waals surface area (Å²) >= 11 is 0. The van der Waals surface area contributed by atoms with Crippen LogP contribution in [0.1, 0.15) is 16.8 Å². The third-order valence-electron chi connectivity index (χ3n) is 2.89. The topological polar surface area (TPSA) is 95.5 Å². The molecule has 2 atom stereocenters. The molecule has 1 aromatic heterocycles. The standard InChI is InChI=1S/C10H13N3O4/c1-17-7-2-8(10(15)16)13(5-7)9(14)6-3-11-12-4-6/h3-4,7-8H,2,5H2,1H3,(H,11,12)(H,15,16). The number of hydrogen-bond acceptors (Lipinski definition) is 4. The van der Waals surface area contributed by atoms with Crippen molar-refractivity contribution in [3.05, 3.63) is 18.0 Å². The molecule has 0 radical (unpaired) electrons. The third-order valence-corrected chi connectivity index (χ3v) is 2.89. The lowest BCUT2D eigenvalue weighted by atomic mass is 10.2. The lowest BCUT2D eigenvalue weighted by Crippen LogP contribution is -2.40. The monoisotopic (exact) mass is 239 g/mol. The Morgan fingerprint density at radius 1 is 1.65 bits per heavy atom. The normalized spacial score (nSPS) is 23.9. The number of carbonyl (C=O) groups is 2. The summed E-state index contributed by atoms with van der Waals surface area (Å²) in [6, 6.07) is -0.831. The number of aromatic nitrogens is 2. The summed E-state index contributed by atoms with van der Waals surface area (Å²) in [6.07, 6.45) is 2.91. The van der Waals surface area contributed by atoms with E-state index in [4.69, 9.17) is 9.84 Å². The number of carboxylic acids is 1. The Labute approximate surface area is 97.4 Å². The predicted octanol–water partition coefficient (Wildman–Crippen LogP) is -0.276. The molecule has 1 saturated heterocycles. The SMILES string of the molecule is COC1CC(C(=O)O)N(C(=O)c2cn[nH]c2)C1. The molecular formula is C10H13N3O4. The fourth-order valence-electron chi connectivity index (χ4n) is 1.96. The Morgan fingerprint density at radius 3 is 2.94 bits per heavy atom. The zero-order valence-electron chi connectivity index (χ0n) is 9.29. The quantitative estimate of drug-likeness (QED) is 0.756. The second-order valence-corrected chi connectivity index (χ2v) is 3.89. The number of aliphatic carboxylic acids is 1. The summed E-state index contributed by atoms with van der Waals surface area (Å²) in [5.41, 5.74) is 0.355. The molecule has 1 aromatic rings. The first-order valence-electron chi connectivity index (χ1n) is 5.19. The molecule has 0 aliphatic carbocycles. The Morgan fingerprint density at radius 2 is 2.41 bits per heavy atom. The molecule has 7 heteroatoms. The van der Waals surface area contributed by atoms with Crippen LogP contribution in [0.15, 0.2) is 12.4 Å². The van der Waals surface area contributed by atoms with Crippen molar-refractivity contribution < 1.29 is 19.4 Å². The number of likely N-dealkylation sites (tertiary alicyclic amines) is 1. The molecule has 2 rings (SSSR count). The number of hydrogen-bond donors (Lipinski definition) is 2. The van der Waals surface area contributed by atoms with Gasteiger partial charge < -0.3 is 14.7 Å². The number of rotatable bonds is 3. The van der Waals surface area contributed by atoms with Crippen molar-refractivity contribution in [1.29, 1.82) is 0 Å². The Kier molecular flexibility index (Phi) is 3.10. The van der Waals surface area contributed by atoms with Crippen molar-refractivity contribution in [2.45, 2.75) is 18.6 Å². The van der Waals surface area contributed by atoms with Crippen molar-refractivity contribution in [2.24, 2.45) is 0 Å². The lowest BCUT2D eigenvalue weighted by Gasteiger charge is -2.20. The highest BCUT2D eigenvalue weighted by Crippen LogP contribution is 2.22. The van der Waals surface area contributed by atoms with Gasteiger partial charge in [0.05, 0.1) is 17.9 Å². The van der Waals surface area contributed by atoms with E-state index in [0.717, 1.165) is 0 Å². The zero-order chi connectivity index (χ0) is 12.4. The Bertz CT molecular complexity index is 417. The van der Waals surface area contributed by atoms with Crippen LogP contribution in [-0.2, 0) is 9.53 Å². The molecule has 0 spiro atoms. The number of H-pyrrole nitrogens is 1. The number of nitrogens with one attached hydrogen (secondary N) is 1. The minimum Gasteiger partial charge on any atom is -0.480 e. The van der Waals surface area contributed by atoms with Crippen molar-refractivity contribution in [3.8, 4) is 0 Å². The van der Waals surface area contributed by atoms with Crippen molar-refractivity contribution in [1.82, 2.24) is 15.1 Å². The van der Waals surface area contributed by atoms with Gasteiger partial charge in [0, 0.05) is 26.3 Å². The molecule has 1 amide bonds. The van der Waals surface area contributed by atoms with E-state index < -0.39 is 12.0 Å². The zero-order valence-corrected chi connectivity index (χ0v) is 9.29. The summed E-state index contributed by atoms with van der Waals surface area (Å²) in [5.74, 6) is -1.35. The van der Waals surface area contributed by atoms with E-state index in [2.05, 4.69) is 10.2 Å². The van der Waals surface area contributed by atoms with Gasteiger partial charge in [-0.25, -0.2) is 4.79 Å². The van der Waals surface area contributed by atoms with Crippen LogP contribution in [0.5, 0.6) is 0 Å². The van der Waals surface area contributed by atoms with Crippen LogP contribution in [0.2, 0.25) is 0 Å². The molecule has 0 aromatic carbocycles. The lowest BCUT2D eigenvalue weighted by molar-refractivity contribution is -0.141. The van der Waals surface area contributed by atoms with Crippen LogP contribution in [0.25, 0.3) is 0 Å². The van der Waals surface area contributed by atoms with Gasteiger partial charge in [-0.2, -0.15) is 5.10 Å². The van der Waals surface area contributed by atoms with Gasteiger partial charge in [0.25, 0.3) is 5.91 Å². The number of methoxy groups -OCH3 is 1. The van der Waals surface area contributed by atoms with Crippen LogP contribution >= 0.6 is 0 Å². The highest BCUT2D eigenvalue weighted by atomic mass is 16.5. The van der Waals surface area contributed by atoms with Gasteiger partial charge in [-0.1, -0.05) is 0 Å². The molecule has 17 heavy (non-hydrogen) atoms. The molecule has 1 fully saturated rings. The van der Waals surface area contributed by atoms with Gasteiger partial charge in [-0.05, 0) is 0 Å². The largest absolute Gasteiger partial charge is 0.480 e. The molecule has 1 aliphatic heterocycles. The average molecular weight is 239 g/mol. The van der Waals surface area contributed by atoms with Gasteiger partial charge >= 0.3 is 5.97 Å². The van der Waals surface area contributed by atoms with Gasteiger partial charge in [0.15, 0.2) is 0 Å². The first kappa shape index (κ1) is 11.6. The van der Waals surface area contributed by atoms with Crippen molar-refractivity contribution in [2.75, 3.05) is 13.7 Å². The molecular weight excluding hydrogens is 226 g/mol. The second-order valence-electron chi connectivity index (χ2n) is 3.89. The van der Waals surface area contributed by atoms with Gasteiger partial charge in [0.1, 0.15) is 6.04 Å². The molecule has 7 nitrogen and oxygen atoms in total. The fraction of sp³-hybridized carbons (Fsp3) is 0.500. The fourth-order valence-corrected chi connectivity index (χ4v) is 1.96. The molecule has 2 N–H and O–H groups in total. The van der Waals surface area contributed by atoms with E-state index in [1.54, 1.807) is 0 Å². The minimum absolute atomic E-state index is 0.230. The van der Waals surface area contributed by atoms with E-state index in [1.165, 1.54) is 24.4 Å². The van der Waals surface area contributed by atoms with E-state index in [-0.39, 0.29) is 18.6 Å². The van der Waals surface area contributed by atoms with E-state index in [9.17, 15) is 9.59 Å². The molecule has 1 aliphatic rings. The van der Waals surface area contributed by atoms with Crippen LogP contribution in [-0.4, -0.2) is 57.9 Å². The molecule has 92 valence electrons. The summed E-state index contributed by atoms with van der Waals surface area (Å²) < 4.78 is 5.11. The smallest absolute Gasteiger partial charge is 0.326 e. The summed E-state index contributed by atoms with van der Waals surface area (Å²) in [5, 5.41) is 15.3. The molecule has 0 saturated carbocycles. The van der Waals surface area contributed by atoms with Gasteiger partial charge in [-0.3, -0.25) is 9.89 Å². The number of aromatic amines is 1. The van der Waals surface area contributed by atoms with Crippen LogP contribution in [0, 0.1) is 0 Å². The van der Waals surface area contributed by atoms with Gasteiger partial charge in [-0.15, -0.1) is 0 Å². The Hall–Kier alpha value is -1.89. The highest BCUT2D eigenvalue weighted by Gasteiger charge is 2.40. The molecule has 2 unspecified atom stereocenters. The third kappa shape index (κ3) is 2.14. The van der Waals surface area contributed by atoms with E-state index in [1.807, 2.05) is 0 Å². The number of carbonyl (C=O) groups excluding carboxylic acids is 1. The van der Waals surface area contributed by atoms with Crippen LogP contribution in [0.4, 0.5) is 0 Å². The second kappa shape index (κ2) is 4.54. The number of amides is 1. The van der Waals surface area contributed by atoms with Crippen molar-refractivity contribution in [3.63, 3.8) is 0 Å². The average Bonchev–Trinajstić information content (AvgIpc) is 2.97. The van der Waals surface area contributed by atoms with Crippen LogP contribution < -0.4 is 0 Å². The van der Waals surface area contributed by atoms with Crippen LogP contribution in [0.3, 0.4) is 0 Å². The predicted molar refractivity (Wildman–Crippen MR) is 56.5 cm³/mol. The van der Waals surface area contributed by atoms with E-state index >= 15 is 0 Å². The summed E-state index contributed by atoms with van der Waals surface area (Å²) in [7, 11) is 1.51. The minimum atomic E-state index is -1.01. The highest BCUT2D eigenvalue weighted by molar-refractivity contribution is 5.96. The van der Waals surface area contributed by atoms with Gasteiger partial charge in [0.2, 0.25) is 0 Å². The maximum absolute atomic E-state index is 12.0. The summed E-state index contributed by atoms with van der Waals surface area (Å²) in [4.78, 5) is 24.4. The maximum atomic E-state index is 12.0. The summed E-state index contributed by atoms with van der Waals surface area (Å²) in [6.45, 7) is 0.289. The molecule has 2 heterocycles. The molecule has 0 bridgehead atoms. The van der Waals surface area contributed by atoms with E-state index in [0.29, 0.717) is 12.0 Å².